The number of rotatable bonds is 7. The van der Waals surface area contributed by atoms with Crippen molar-refractivity contribution in [3.05, 3.63) is 29.3 Å². The number of piperidine rings is 1. The molecular formula is C20H27N3O3S. The molecule has 1 aromatic carbocycles. The number of nitrogens with one attached hydrogen (secondary N) is 1. The summed E-state index contributed by atoms with van der Waals surface area (Å²) in [5, 5.41) is 4.24. The van der Waals surface area contributed by atoms with Gasteiger partial charge in [-0.1, -0.05) is 12.1 Å². The van der Waals surface area contributed by atoms with Crippen molar-refractivity contribution in [3.8, 4) is 0 Å². The maximum absolute atomic E-state index is 12.2. The van der Waals surface area contributed by atoms with E-state index in [1.807, 2.05) is 25.1 Å². The molecule has 0 bridgehead atoms. The first kappa shape index (κ1) is 19.6. The zero-order valence-electron chi connectivity index (χ0n) is 15.8. The van der Waals surface area contributed by atoms with Gasteiger partial charge in [0.15, 0.2) is 0 Å². The van der Waals surface area contributed by atoms with Crippen LogP contribution in [0.2, 0.25) is 0 Å². The lowest BCUT2D eigenvalue weighted by atomic mass is 10.0. The second-order valence-corrected chi connectivity index (χ2v) is 7.93. The van der Waals surface area contributed by atoms with Crippen molar-refractivity contribution in [3.63, 3.8) is 0 Å². The van der Waals surface area contributed by atoms with Gasteiger partial charge >= 0.3 is 6.09 Å². The molecule has 1 aliphatic heterocycles. The number of para-hydroxylation sites is 1. The summed E-state index contributed by atoms with van der Waals surface area (Å²) in [6, 6.07) is 8.33. The van der Waals surface area contributed by atoms with Crippen LogP contribution in [0.4, 0.5) is 4.79 Å². The van der Waals surface area contributed by atoms with E-state index in [-0.39, 0.29) is 18.0 Å². The van der Waals surface area contributed by atoms with Gasteiger partial charge in [0.1, 0.15) is 0 Å². The number of amides is 2. The Balaban J connectivity index is 1.31. The van der Waals surface area contributed by atoms with Crippen LogP contribution < -0.4 is 5.32 Å². The van der Waals surface area contributed by atoms with Gasteiger partial charge in [-0.05, 0) is 51.2 Å². The third-order valence-electron chi connectivity index (χ3n) is 4.77. The number of hydrogen-bond donors (Lipinski definition) is 1. The van der Waals surface area contributed by atoms with Crippen LogP contribution in [-0.2, 0) is 16.0 Å². The number of benzene rings is 1. The third kappa shape index (κ3) is 5.66. The van der Waals surface area contributed by atoms with Gasteiger partial charge in [0, 0.05) is 25.6 Å². The predicted octanol–water partition coefficient (Wildman–Crippen LogP) is 3.75. The smallest absolute Gasteiger partial charge is 0.409 e. The van der Waals surface area contributed by atoms with Gasteiger partial charge in [0.2, 0.25) is 5.91 Å². The number of nitrogens with zero attached hydrogens (tertiary/aromatic N) is 2. The molecule has 0 atom stereocenters. The fourth-order valence-corrected chi connectivity index (χ4v) is 4.32. The average Bonchev–Trinajstić information content (AvgIpc) is 3.09. The van der Waals surface area contributed by atoms with Crippen LogP contribution in [0, 0.1) is 0 Å². The highest BCUT2D eigenvalue weighted by Gasteiger charge is 2.24. The largest absolute Gasteiger partial charge is 0.450 e. The molecule has 1 aromatic heterocycles. The van der Waals surface area contributed by atoms with Gasteiger partial charge in [-0.25, -0.2) is 9.78 Å². The number of aromatic nitrogens is 1. The van der Waals surface area contributed by atoms with Gasteiger partial charge in [-0.15, -0.1) is 11.3 Å². The summed E-state index contributed by atoms with van der Waals surface area (Å²) in [7, 11) is 0. The van der Waals surface area contributed by atoms with Crippen LogP contribution in [0.3, 0.4) is 0 Å². The quantitative estimate of drug-likeness (QED) is 0.732. The Morgan fingerprint density at radius 1 is 1.26 bits per heavy atom. The molecule has 2 aromatic rings. The monoisotopic (exact) mass is 389 g/mol. The number of carbonyl (C=O) groups excluding carboxylic acids is 2. The molecule has 7 heteroatoms. The van der Waals surface area contributed by atoms with E-state index in [2.05, 4.69) is 16.4 Å². The molecule has 0 unspecified atom stereocenters. The Morgan fingerprint density at radius 2 is 2.04 bits per heavy atom. The van der Waals surface area contributed by atoms with E-state index in [1.54, 1.807) is 16.2 Å². The molecule has 27 heavy (non-hydrogen) atoms. The number of aryl methyl sites for hydroxylation is 1. The van der Waals surface area contributed by atoms with E-state index >= 15 is 0 Å². The minimum atomic E-state index is -0.253. The average molecular weight is 390 g/mol. The van der Waals surface area contributed by atoms with Crippen LogP contribution in [0.25, 0.3) is 10.2 Å². The second-order valence-electron chi connectivity index (χ2n) is 6.81. The van der Waals surface area contributed by atoms with Crippen molar-refractivity contribution in [1.82, 2.24) is 15.2 Å². The van der Waals surface area contributed by atoms with E-state index < -0.39 is 0 Å². The summed E-state index contributed by atoms with van der Waals surface area (Å²) < 4.78 is 6.24. The number of unbranched alkanes of at least 4 members (excludes halogenated alkanes) is 1. The first-order valence-corrected chi connectivity index (χ1v) is 10.5. The van der Waals surface area contributed by atoms with Gasteiger partial charge in [-0.3, -0.25) is 4.79 Å². The third-order valence-corrected chi connectivity index (χ3v) is 5.86. The van der Waals surface area contributed by atoms with E-state index in [4.69, 9.17) is 4.74 Å². The van der Waals surface area contributed by atoms with Crippen LogP contribution in [-0.4, -0.2) is 47.6 Å². The standard InChI is InChI=1S/C20H27N3O3S/c1-2-26-20(25)23-13-11-15(12-14-23)21-18(24)9-5-6-10-19-22-16-7-3-4-8-17(16)27-19/h3-4,7-8,15H,2,5-6,9-14H2,1H3,(H,21,24). The fraction of sp³-hybridized carbons (Fsp3) is 0.550. The van der Waals surface area contributed by atoms with Gasteiger partial charge in [-0.2, -0.15) is 0 Å². The minimum absolute atomic E-state index is 0.105. The Labute approximate surface area is 163 Å². The molecule has 6 nitrogen and oxygen atoms in total. The SMILES string of the molecule is CCOC(=O)N1CCC(NC(=O)CCCCc2nc3ccccc3s2)CC1. The Morgan fingerprint density at radius 3 is 2.78 bits per heavy atom. The second kappa shape index (κ2) is 9.69. The predicted molar refractivity (Wildman–Crippen MR) is 107 cm³/mol. The molecule has 1 fully saturated rings. The zero-order valence-corrected chi connectivity index (χ0v) is 16.6. The van der Waals surface area contributed by atoms with Crippen molar-refractivity contribution < 1.29 is 14.3 Å². The Bertz CT molecular complexity index is 736. The maximum atomic E-state index is 12.2. The first-order valence-electron chi connectivity index (χ1n) is 9.71. The summed E-state index contributed by atoms with van der Waals surface area (Å²) in [4.78, 5) is 30.2. The molecule has 1 aliphatic rings. The highest BCUT2D eigenvalue weighted by Crippen LogP contribution is 2.23. The molecule has 1 saturated heterocycles. The van der Waals surface area contributed by atoms with Crippen LogP contribution in [0.5, 0.6) is 0 Å². The molecule has 0 saturated carbocycles. The molecule has 146 valence electrons. The number of likely N-dealkylation sites (tertiary alicyclic amines) is 1. The normalized spacial score (nSPS) is 15.1. The number of thiazole rings is 1. The highest BCUT2D eigenvalue weighted by atomic mass is 32.1. The van der Waals surface area contributed by atoms with Crippen LogP contribution in [0.1, 0.15) is 44.0 Å². The minimum Gasteiger partial charge on any atom is -0.450 e. The molecule has 2 heterocycles. The lowest BCUT2D eigenvalue weighted by molar-refractivity contribution is -0.122. The summed E-state index contributed by atoms with van der Waals surface area (Å²) in [6.45, 7) is 3.48. The van der Waals surface area contributed by atoms with Gasteiger partial charge in [0.05, 0.1) is 21.8 Å². The van der Waals surface area contributed by atoms with Crippen molar-refractivity contribution >= 4 is 33.6 Å². The Hall–Kier alpha value is -2.15. The summed E-state index contributed by atoms with van der Waals surface area (Å²) in [6.07, 6.45) is 4.62. The molecule has 1 N–H and O–H groups in total. The van der Waals surface area contributed by atoms with Gasteiger partial charge in [0.25, 0.3) is 0 Å². The molecule has 2 amide bonds. The number of ether oxygens (including phenoxy) is 1. The van der Waals surface area contributed by atoms with E-state index in [9.17, 15) is 9.59 Å². The van der Waals surface area contributed by atoms with E-state index in [0.717, 1.165) is 42.6 Å². The number of hydrogen-bond acceptors (Lipinski definition) is 5. The Kier molecular flexibility index (Phi) is 7.04. The summed E-state index contributed by atoms with van der Waals surface area (Å²) >= 11 is 1.74. The molecule has 3 rings (SSSR count). The molecule has 0 radical (unpaired) electrons. The zero-order chi connectivity index (χ0) is 19.1. The molecule has 0 spiro atoms. The topological polar surface area (TPSA) is 71.5 Å². The lowest BCUT2D eigenvalue weighted by Gasteiger charge is -2.31. The van der Waals surface area contributed by atoms with Crippen molar-refractivity contribution in [2.24, 2.45) is 0 Å². The maximum Gasteiger partial charge on any atom is 0.409 e. The molecular weight excluding hydrogens is 362 g/mol. The van der Waals surface area contributed by atoms with E-state index in [1.165, 1.54) is 4.70 Å². The lowest BCUT2D eigenvalue weighted by Crippen LogP contribution is -2.46. The van der Waals surface area contributed by atoms with Crippen molar-refractivity contribution in [1.29, 1.82) is 0 Å². The number of fused-ring (bicyclic) bond motifs is 1. The fourth-order valence-electron chi connectivity index (χ4n) is 3.31. The van der Waals surface area contributed by atoms with Crippen LogP contribution in [0.15, 0.2) is 24.3 Å². The van der Waals surface area contributed by atoms with Gasteiger partial charge < -0.3 is 15.0 Å². The van der Waals surface area contributed by atoms with Crippen molar-refractivity contribution in [2.45, 2.75) is 51.5 Å². The number of carbonyl (C=O) groups is 2. The molecule has 0 aliphatic carbocycles. The highest BCUT2D eigenvalue weighted by molar-refractivity contribution is 7.18. The summed E-state index contributed by atoms with van der Waals surface area (Å²) in [5.41, 5.74) is 1.06. The summed E-state index contributed by atoms with van der Waals surface area (Å²) in [5.74, 6) is 0.105. The first-order chi connectivity index (χ1) is 13.2. The van der Waals surface area contributed by atoms with Crippen molar-refractivity contribution in [2.75, 3.05) is 19.7 Å². The van der Waals surface area contributed by atoms with E-state index in [0.29, 0.717) is 26.1 Å². The van der Waals surface area contributed by atoms with Crippen LogP contribution >= 0.6 is 11.3 Å².